The summed E-state index contributed by atoms with van der Waals surface area (Å²) >= 11 is 0. The number of piperidine rings is 1. The lowest BCUT2D eigenvalue weighted by Crippen LogP contribution is -2.46. The Morgan fingerprint density at radius 2 is 1.94 bits per heavy atom. The number of carbonyl (C=O) groups excluding carboxylic acids is 1. The predicted molar refractivity (Wildman–Crippen MR) is 130 cm³/mol. The van der Waals surface area contributed by atoms with Crippen molar-refractivity contribution in [1.29, 1.82) is 0 Å². The Morgan fingerprint density at radius 3 is 2.54 bits per heavy atom. The average Bonchev–Trinajstić information content (AvgIpc) is 3.58. The van der Waals surface area contributed by atoms with E-state index in [2.05, 4.69) is 20.3 Å². The Labute approximate surface area is 201 Å². The summed E-state index contributed by atoms with van der Waals surface area (Å²) in [6.45, 7) is 0.578. The van der Waals surface area contributed by atoms with Crippen LogP contribution in [0.1, 0.15) is 53.3 Å². The molecule has 2 fully saturated rings. The number of nitrogen functional groups attached to an aromatic ring is 2. The highest BCUT2D eigenvalue weighted by Crippen LogP contribution is 2.45. The van der Waals surface area contributed by atoms with Crippen LogP contribution in [0.3, 0.4) is 0 Å². The summed E-state index contributed by atoms with van der Waals surface area (Å²) in [6, 6.07) is 1.45. The second-order valence-corrected chi connectivity index (χ2v) is 11.4. The van der Waals surface area contributed by atoms with Crippen molar-refractivity contribution in [3.8, 4) is 0 Å². The maximum atomic E-state index is 13.2. The monoisotopic (exact) mass is 495 g/mol. The van der Waals surface area contributed by atoms with Crippen LogP contribution in [0.4, 0.5) is 11.6 Å². The Balaban J connectivity index is 1.42. The number of H-pyrrole nitrogens is 1. The van der Waals surface area contributed by atoms with Crippen LogP contribution in [-0.4, -0.2) is 75.1 Å². The van der Waals surface area contributed by atoms with Gasteiger partial charge in [0.2, 0.25) is 0 Å². The Hall–Kier alpha value is -3.74. The van der Waals surface area contributed by atoms with E-state index in [1.165, 1.54) is 10.6 Å². The molecule has 1 unspecified atom stereocenters. The van der Waals surface area contributed by atoms with E-state index in [0.717, 1.165) is 30.2 Å². The van der Waals surface area contributed by atoms with Crippen LogP contribution in [0.25, 0.3) is 11.2 Å². The second kappa shape index (κ2) is 7.63. The number of nitrogens with zero attached hydrogens (tertiary/aromatic N) is 6. The quantitative estimate of drug-likeness (QED) is 0.480. The number of rotatable bonds is 4. The largest absolute Gasteiger partial charge is 0.382 e. The molecule has 5 N–H and O–H groups in total. The molecule has 0 aromatic carbocycles. The fourth-order valence-corrected chi connectivity index (χ4v) is 6.79. The van der Waals surface area contributed by atoms with Crippen LogP contribution in [0.15, 0.2) is 28.2 Å². The highest BCUT2D eigenvalue weighted by molar-refractivity contribution is 7.91. The number of aromatic nitrogens is 5. The number of nitrogens with two attached hydrogens (primary N) is 2. The molecule has 0 spiro atoms. The van der Waals surface area contributed by atoms with E-state index in [-0.39, 0.29) is 40.4 Å². The Kier molecular flexibility index (Phi) is 4.75. The summed E-state index contributed by atoms with van der Waals surface area (Å²) in [5.41, 5.74) is 15.0. The molecule has 3 aliphatic heterocycles. The minimum Gasteiger partial charge on any atom is -0.382 e. The lowest BCUT2D eigenvalue weighted by atomic mass is 9.87. The van der Waals surface area contributed by atoms with Crippen LogP contribution >= 0.6 is 0 Å². The zero-order valence-corrected chi connectivity index (χ0v) is 19.9. The summed E-state index contributed by atoms with van der Waals surface area (Å²) in [4.78, 5) is 24.2. The van der Waals surface area contributed by atoms with Gasteiger partial charge in [-0.25, -0.2) is 13.4 Å². The van der Waals surface area contributed by atoms with E-state index < -0.39 is 9.84 Å². The predicted octanol–water partition coefficient (Wildman–Crippen LogP) is 1.04. The summed E-state index contributed by atoms with van der Waals surface area (Å²) < 4.78 is 27.1. The minimum absolute atomic E-state index is 0.0132. The number of aliphatic imine (C=N–C) groups is 1. The van der Waals surface area contributed by atoms with Gasteiger partial charge in [-0.05, 0) is 25.7 Å². The van der Waals surface area contributed by atoms with Gasteiger partial charge in [-0.1, -0.05) is 6.08 Å². The van der Waals surface area contributed by atoms with E-state index in [9.17, 15) is 13.2 Å². The zero-order valence-electron chi connectivity index (χ0n) is 19.0. The molecule has 3 aliphatic rings. The van der Waals surface area contributed by atoms with Gasteiger partial charge >= 0.3 is 0 Å². The molecule has 12 nitrogen and oxygen atoms in total. The summed E-state index contributed by atoms with van der Waals surface area (Å²) in [5, 5.41) is 10.9. The summed E-state index contributed by atoms with van der Waals surface area (Å²) in [5.74, 6) is -0.000190. The first kappa shape index (κ1) is 21.8. The minimum atomic E-state index is -3.70. The van der Waals surface area contributed by atoms with E-state index in [4.69, 9.17) is 16.5 Å². The first-order chi connectivity index (χ1) is 16.7. The van der Waals surface area contributed by atoms with Gasteiger partial charge < -0.3 is 16.4 Å². The van der Waals surface area contributed by atoms with Crippen molar-refractivity contribution >= 4 is 44.8 Å². The second-order valence-electron chi connectivity index (χ2n) is 9.40. The number of amides is 1. The van der Waals surface area contributed by atoms with Gasteiger partial charge in [-0.2, -0.15) is 14.7 Å². The average molecular weight is 496 g/mol. The van der Waals surface area contributed by atoms with Crippen molar-refractivity contribution in [2.24, 2.45) is 4.99 Å². The number of carbonyl (C=O) groups is 1. The van der Waals surface area contributed by atoms with Crippen molar-refractivity contribution < 1.29 is 13.2 Å². The third kappa shape index (κ3) is 3.40. The topological polar surface area (TPSA) is 178 Å². The molecule has 0 aliphatic carbocycles. The van der Waals surface area contributed by atoms with Crippen LogP contribution in [0.2, 0.25) is 0 Å². The van der Waals surface area contributed by atoms with Gasteiger partial charge in [0.25, 0.3) is 5.91 Å². The summed E-state index contributed by atoms with van der Waals surface area (Å²) in [7, 11) is -3.70. The zero-order chi connectivity index (χ0) is 24.5. The maximum Gasteiger partial charge on any atom is 0.272 e. The highest BCUT2D eigenvalue weighted by Gasteiger charge is 2.46. The van der Waals surface area contributed by atoms with E-state index >= 15 is 0 Å². The van der Waals surface area contributed by atoms with Crippen LogP contribution in [-0.2, 0) is 9.84 Å². The third-order valence-electron chi connectivity index (χ3n) is 7.17. The molecule has 3 atom stereocenters. The molecule has 182 valence electrons. The van der Waals surface area contributed by atoms with E-state index in [0.29, 0.717) is 36.4 Å². The van der Waals surface area contributed by atoms with Crippen molar-refractivity contribution in [2.45, 2.75) is 48.6 Å². The third-order valence-corrected chi connectivity index (χ3v) is 8.33. The van der Waals surface area contributed by atoms with E-state index in [1.807, 2.05) is 11.0 Å². The highest BCUT2D eigenvalue weighted by atomic mass is 32.2. The molecule has 2 bridgehead atoms. The number of hydrogen-bond acceptors (Lipinski definition) is 9. The molecule has 1 amide bonds. The fraction of sp³-hybridized carbons (Fsp3) is 0.409. The fourth-order valence-electron chi connectivity index (χ4n) is 5.73. The molecule has 3 aromatic rings. The molecule has 35 heavy (non-hydrogen) atoms. The molecular weight excluding hydrogens is 470 g/mol. The van der Waals surface area contributed by atoms with Gasteiger partial charge in [0.15, 0.2) is 15.5 Å². The number of fused-ring (bicyclic) bond motifs is 3. The van der Waals surface area contributed by atoms with Crippen LogP contribution in [0, 0.1) is 0 Å². The van der Waals surface area contributed by atoms with Crippen molar-refractivity contribution in [1.82, 2.24) is 29.7 Å². The van der Waals surface area contributed by atoms with Gasteiger partial charge in [0.1, 0.15) is 22.2 Å². The number of allylic oxidation sites excluding steroid dienone is 1. The number of hydrogen-bond donors (Lipinski definition) is 3. The van der Waals surface area contributed by atoms with Gasteiger partial charge in [-0.15, -0.1) is 0 Å². The molecular formula is C22H25N9O3S. The van der Waals surface area contributed by atoms with Gasteiger partial charge in [0, 0.05) is 47.7 Å². The molecule has 3 aromatic heterocycles. The molecule has 0 radical (unpaired) electrons. The van der Waals surface area contributed by atoms with Crippen LogP contribution in [0.5, 0.6) is 0 Å². The Bertz CT molecular complexity index is 1520. The number of aromatic amines is 1. The molecule has 0 saturated carbocycles. The normalized spacial score (nSPS) is 23.9. The van der Waals surface area contributed by atoms with E-state index in [1.54, 1.807) is 12.4 Å². The standard InChI is InChI=1S/C22H25N9O3S/c1-35(33,34)19-18(27-21-15(11-4-5-25-9-11)10-26-31(21)20(19)24)12-6-13-2-3-14(7-12)30(13)22(32)16-8-17(23)29-28-16/h4,8-10,12-14H,2-3,5-7,24H2,1H3,(H3,23,28,29)/t12?,13-,14+. The smallest absolute Gasteiger partial charge is 0.272 e. The number of sulfone groups is 1. The molecule has 13 heteroatoms. The maximum absolute atomic E-state index is 13.2. The lowest BCUT2D eigenvalue weighted by molar-refractivity contribution is 0.0562. The van der Waals surface area contributed by atoms with Crippen molar-refractivity contribution in [3.63, 3.8) is 0 Å². The first-order valence-corrected chi connectivity index (χ1v) is 13.3. The number of anilines is 2. The lowest BCUT2D eigenvalue weighted by Gasteiger charge is -2.39. The van der Waals surface area contributed by atoms with Crippen molar-refractivity contribution in [2.75, 3.05) is 24.3 Å². The van der Waals surface area contributed by atoms with Gasteiger partial charge in [0.05, 0.1) is 18.4 Å². The molecule has 6 heterocycles. The van der Waals surface area contributed by atoms with Gasteiger partial charge in [-0.3, -0.25) is 14.9 Å². The SMILES string of the molecule is CS(=O)(=O)c1c(C2C[C@H]3CC[C@@H](C2)N3C(=O)c2cc(N)n[nH]2)nc2c(C3=CCN=C3)cnn2c1N. The van der Waals surface area contributed by atoms with Crippen LogP contribution < -0.4 is 11.5 Å². The number of nitrogens with one attached hydrogen (secondary N) is 1. The van der Waals surface area contributed by atoms with Crippen molar-refractivity contribution in [3.05, 3.63) is 35.3 Å². The molecule has 2 saturated heterocycles. The summed E-state index contributed by atoms with van der Waals surface area (Å²) in [6.07, 6.45) is 9.35. The molecule has 6 rings (SSSR count). The first-order valence-electron chi connectivity index (χ1n) is 11.4. The Morgan fingerprint density at radius 1 is 1.20 bits per heavy atom.